The fraction of sp³-hybridized carbons (Fsp3) is 0.250. The lowest BCUT2D eigenvalue weighted by atomic mass is 10.1. The van der Waals surface area contributed by atoms with Crippen molar-refractivity contribution in [3.8, 4) is 5.75 Å². The zero-order valence-electron chi connectivity index (χ0n) is 15.0. The Balaban J connectivity index is 1.57. The highest BCUT2D eigenvalue weighted by atomic mass is 32.2. The minimum absolute atomic E-state index is 0.123. The molecule has 0 aromatic heterocycles. The van der Waals surface area contributed by atoms with E-state index in [0.717, 1.165) is 22.1 Å². The molecule has 6 nitrogen and oxygen atoms in total. The second-order valence-electron chi connectivity index (χ2n) is 5.95. The summed E-state index contributed by atoms with van der Waals surface area (Å²) in [6.45, 7) is 4.10. The molecule has 1 fully saturated rings. The third kappa shape index (κ3) is 5.94. The van der Waals surface area contributed by atoms with Crippen molar-refractivity contribution in [2.75, 3.05) is 13.2 Å². The van der Waals surface area contributed by atoms with Crippen LogP contribution in [0.5, 0.6) is 5.75 Å². The van der Waals surface area contributed by atoms with Crippen molar-refractivity contribution in [2.24, 2.45) is 5.16 Å². The van der Waals surface area contributed by atoms with Crippen LogP contribution in [-0.2, 0) is 14.4 Å². The van der Waals surface area contributed by atoms with Crippen molar-refractivity contribution in [3.05, 3.63) is 54.1 Å². The molecular formula is C20H19NO5S. The van der Waals surface area contributed by atoms with Gasteiger partial charge in [-0.3, -0.25) is 4.79 Å². The van der Waals surface area contributed by atoms with E-state index in [1.807, 2.05) is 36.4 Å². The Morgan fingerprint density at radius 2 is 1.67 bits per heavy atom. The Kier molecular flexibility index (Phi) is 6.26. The Morgan fingerprint density at radius 3 is 2.22 bits per heavy atom. The van der Waals surface area contributed by atoms with E-state index in [2.05, 4.69) is 9.99 Å². The van der Waals surface area contributed by atoms with Gasteiger partial charge in [-0.25, -0.2) is 4.79 Å². The van der Waals surface area contributed by atoms with Gasteiger partial charge in [-0.2, -0.15) is 0 Å². The first-order valence-electron chi connectivity index (χ1n) is 8.40. The van der Waals surface area contributed by atoms with Crippen LogP contribution < -0.4 is 4.74 Å². The van der Waals surface area contributed by atoms with E-state index in [9.17, 15) is 9.59 Å². The van der Waals surface area contributed by atoms with Gasteiger partial charge in [0.15, 0.2) is 0 Å². The summed E-state index contributed by atoms with van der Waals surface area (Å²) in [5, 5.41) is 3.52. The molecule has 1 atom stereocenters. The third-order valence-electron chi connectivity index (χ3n) is 3.65. The summed E-state index contributed by atoms with van der Waals surface area (Å²) in [5.74, 6) is -0.0292. The first-order chi connectivity index (χ1) is 13.0. The van der Waals surface area contributed by atoms with Gasteiger partial charge in [0.25, 0.3) is 0 Å². The molecule has 1 aliphatic rings. The van der Waals surface area contributed by atoms with Crippen molar-refractivity contribution in [2.45, 2.75) is 29.7 Å². The lowest BCUT2D eigenvalue weighted by Gasteiger charge is -2.06. The quantitative estimate of drug-likeness (QED) is 0.226. The molecule has 1 aliphatic heterocycles. The Hall–Kier alpha value is -2.64. The molecule has 27 heavy (non-hydrogen) atoms. The predicted molar refractivity (Wildman–Crippen MR) is 101 cm³/mol. The van der Waals surface area contributed by atoms with Gasteiger partial charge in [0.05, 0.1) is 6.61 Å². The van der Waals surface area contributed by atoms with Gasteiger partial charge in [-0.15, -0.1) is 0 Å². The molecule has 140 valence electrons. The van der Waals surface area contributed by atoms with E-state index in [1.54, 1.807) is 23.9 Å². The minimum atomic E-state index is -0.564. The fourth-order valence-electron chi connectivity index (χ4n) is 2.15. The van der Waals surface area contributed by atoms with Crippen LogP contribution in [0, 0.1) is 0 Å². The van der Waals surface area contributed by atoms with Crippen LogP contribution in [0.3, 0.4) is 0 Å². The predicted octanol–water partition coefficient (Wildman–Crippen LogP) is 3.74. The normalized spacial score (nSPS) is 15.9. The maximum Gasteiger partial charge on any atom is 0.331 e. The van der Waals surface area contributed by atoms with Gasteiger partial charge in [-0.1, -0.05) is 16.9 Å². The van der Waals surface area contributed by atoms with Gasteiger partial charge in [0, 0.05) is 22.3 Å². The molecule has 1 unspecified atom stereocenters. The SMILES string of the molecule is CC(=O)O/N=C(\C)C(=O)c1ccc(Sc2ccc(OCC3CO3)cc2)cc1. The highest BCUT2D eigenvalue weighted by molar-refractivity contribution is 7.99. The Bertz CT molecular complexity index is 842. The number of carbonyl (C=O) groups is 2. The zero-order valence-corrected chi connectivity index (χ0v) is 15.8. The van der Waals surface area contributed by atoms with Crippen molar-refractivity contribution < 1.29 is 23.9 Å². The summed E-state index contributed by atoms with van der Waals surface area (Å²) >= 11 is 1.58. The standard InChI is InChI=1S/C20H19NO5S/c1-13(21-26-14(2)22)20(23)15-3-7-18(8-4-15)27-19-9-5-16(6-10-19)24-11-17-12-25-17/h3-10,17H,11-12H2,1-2H3/b21-13+. The van der Waals surface area contributed by atoms with Crippen LogP contribution in [0.1, 0.15) is 24.2 Å². The van der Waals surface area contributed by atoms with Gasteiger partial charge in [-0.05, 0) is 55.5 Å². The average molecular weight is 385 g/mol. The van der Waals surface area contributed by atoms with Gasteiger partial charge < -0.3 is 14.3 Å². The number of rotatable bonds is 8. The first-order valence-corrected chi connectivity index (χ1v) is 9.22. The molecule has 0 spiro atoms. The lowest BCUT2D eigenvalue weighted by Crippen LogP contribution is -2.11. The number of hydrogen-bond acceptors (Lipinski definition) is 7. The van der Waals surface area contributed by atoms with E-state index >= 15 is 0 Å². The van der Waals surface area contributed by atoms with Crippen molar-refractivity contribution in [1.29, 1.82) is 0 Å². The molecule has 2 aromatic rings. The number of ether oxygens (including phenoxy) is 2. The van der Waals surface area contributed by atoms with Crippen LogP contribution in [-0.4, -0.2) is 36.8 Å². The molecule has 1 heterocycles. The number of nitrogens with zero attached hydrogens (tertiary/aromatic N) is 1. The molecular weight excluding hydrogens is 366 g/mol. The van der Waals surface area contributed by atoms with E-state index in [-0.39, 0.29) is 17.6 Å². The van der Waals surface area contributed by atoms with Crippen LogP contribution in [0.25, 0.3) is 0 Å². The molecule has 0 aliphatic carbocycles. The number of Topliss-reactive ketones (excluding diaryl/α,β-unsaturated/α-hetero) is 1. The van der Waals surface area contributed by atoms with Crippen molar-refractivity contribution in [1.82, 2.24) is 0 Å². The summed E-state index contributed by atoms with van der Waals surface area (Å²) in [6.07, 6.45) is 0.239. The zero-order chi connectivity index (χ0) is 19.2. The number of ketones is 1. The highest BCUT2D eigenvalue weighted by Crippen LogP contribution is 2.29. The number of carbonyl (C=O) groups excluding carboxylic acids is 2. The Labute approximate surface area is 161 Å². The topological polar surface area (TPSA) is 77.5 Å². The van der Waals surface area contributed by atoms with Gasteiger partial charge in [0.2, 0.25) is 5.78 Å². The minimum Gasteiger partial charge on any atom is -0.491 e. The summed E-state index contributed by atoms with van der Waals surface area (Å²) in [7, 11) is 0. The van der Waals surface area contributed by atoms with Crippen LogP contribution in [0.2, 0.25) is 0 Å². The molecule has 0 saturated carbocycles. The summed E-state index contributed by atoms with van der Waals surface area (Å²) in [6, 6.07) is 15.0. The van der Waals surface area contributed by atoms with Crippen LogP contribution in [0.15, 0.2) is 63.5 Å². The molecule has 0 radical (unpaired) electrons. The Morgan fingerprint density at radius 1 is 1.07 bits per heavy atom. The fourth-order valence-corrected chi connectivity index (χ4v) is 2.97. The summed E-state index contributed by atoms with van der Waals surface area (Å²) in [4.78, 5) is 29.6. The molecule has 1 saturated heterocycles. The molecule has 2 aromatic carbocycles. The molecule has 3 rings (SSSR count). The molecule has 0 bridgehead atoms. The summed E-state index contributed by atoms with van der Waals surface area (Å²) in [5.41, 5.74) is 0.608. The lowest BCUT2D eigenvalue weighted by molar-refractivity contribution is -0.140. The van der Waals surface area contributed by atoms with E-state index in [4.69, 9.17) is 9.47 Å². The number of oxime groups is 1. The second-order valence-corrected chi connectivity index (χ2v) is 7.10. The average Bonchev–Trinajstić information content (AvgIpc) is 3.50. The third-order valence-corrected chi connectivity index (χ3v) is 4.67. The first kappa shape index (κ1) is 19.1. The monoisotopic (exact) mass is 385 g/mol. The van der Waals surface area contributed by atoms with Crippen LogP contribution >= 0.6 is 11.8 Å². The number of benzene rings is 2. The molecule has 0 amide bonds. The van der Waals surface area contributed by atoms with E-state index in [1.165, 1.54) is 13.8 Å². The molecule has 0 N–H and O–H groups in total. The highest BCUT2D eigenvalue weighted by Gasteiger charge is 2.22. The number of epoxide rings is 1. The largest absolute Gasteiger partial charge is 0.491 e. The van der Waals surface area contributed by atoms with Gasteiger partial charge in [0.1, 0.15) is 24.2 Å². The van der Waals surface area contributed by atoms with Crippen LogP contribution in [0.4, 0.5) is 0 Å². The summed E-state index contributed by atoms with van der Waals surface area (Å²) < 4.78 is 10.7. The van der Waals surface area contributed by atoms with Crippen molar-refractivity contribution >= 4 is 29.2 Å². The molecule has 7 heteroatoms. The van der Waals surface area contributed by atoms with E-state index < -0.39 is 5.97 Å². The second kappa shape index (κ2) is 8.83. The number of hydrogen-bond donors (Lipinski definition) is 0. The van der Waals surface area contributed by atoms with Crippen molar-refractivity contribution in [3.63, 3.8) is 0 Å². The van der Waals surface area contributed by atoms with Gasteiger partial charge >= 0.3 is 5.97 Å². The smallest absolute Gasteiger partial charge is 0.331 e. The van der Waals surface area contributed by atoms with E-state index in [0.29, 0.717) is 12.2 Å². The maximum absolute atomic E-state index is 12.2. The maximum atomic E-state index is 12.2.